The smallest absolute Gasteiger partial charge is 0.138 e. The molecule has 28 heavy (non-hydrogen) atoms. The van der Waals surface area contributed by atoms with Crippen molar-refractivity contribution in [3.8, 4) is 26.6 Å². The van der Waals surface area contributed by atoms with Gasteiger partial charge < -0.3 is 14.9 Å². The lowest BCUT2D eigenvalue weighted by atomic mass is 9.87. The third-order valence-electron chi connectivity index (χ3n) is 5.52. The molecule has 0 atom stereocenters. The summed E-state index contributed by atoms with van der Waals surface area (Å²) >= 11 is 1.69. The topological polar surface area (TPSA) is 49.7 Å². The van der Waals surface area contributed by atoms with Crippen molar-refractivity contribution < 1.29 is 14.9 Å². The summed E-state index contributed by atoms with van der Waals surface area (Å²) in [6.45, 7) is 6.17. The van der Waals surface area contributed by atoms with Crippen LogP contribution in [-0.2, 0) is 12.2 Å². The van der Waals surface area contributed by atoms with Crippen molar-refractivity contribution in [2.24, 2.45) is 0 Å². The Morgan fingerprint density at radius 1 is 1.00 bits per heavy atom. The van der Waals surface area contributed by atoms with E-state index in [1.807, 2.05) is 44.2 Å². The van der Waals surface area contributed by atoms with Gasteiger partial charge in [-0.15, -0.1) is 11.3 Å². The van der Waals surface area contributed by atoms with Crippen LogP contribution in [-0.4, -0.2) is 17.3 Å². The summed E-state index contributed by atoms with van der Waals surface area (Å²) in [5, 5.41) is 20.1. The van der Waals surface area contributed by atoms with E-state index < -0.39 is 5.60 Å². The molecule has 3 nitrogen and oxygen atoms in total. The van der Waals surface area contributed by atoms with Crippen LogP contribution in [0.4, 0.5) is 0 Å². The van der Waals surface area contributed by atoms with Crippen LogP contribution >= 0.6 is 11.3 Å². The van der Waals surface area contributed by atoms with Crippen molar-refractivity contribution in [1.29, 1.82) is 0 Å². The summed E-state index contributed by atoms with van der Waals surface area (Å²) in [4.78, 5) is 2.21. The Balaban J connectivity index is 2.01. The van der Waals surface area contributed by atoms with Gasteiger partial charge in [0.25, 0.3) is 0 Å². The predicted octanol–water partition coefficient (Wildman–Crippen LogP) is 5.90. The van der Waals surface area contributed by atoms with Gasteiger partial charge in [-0.1, -0.05) is 56.3 Å². The molecule has 2 N–H and O–H groups in total. The highest BCUT2D eigenvalue weighted by molar-refractivity contribution is 7.19. The van der Waals surface area contributed by atoms with Crippen LogP contribution in [0.1, 0.15) is 43.4 Å². The molecule has 0 amide bonds. The van der Waals surface area contributed by atoms with E-state index in [0.717, 1.165) is 43.3 Å². The molecule has 0 aliphatic carbocycles. The molecule has 1 aromatic heterocycles. The first-order valence-electron chi connectivity index (χ1n) is 9.67. The highest BCUT2D eigenvalue weighted by atomic mass is 32.1. The van der Waals surface area contributed by atoms with Gasteiger partial charge in [0.05, 0.1) is 24.2 Å². The molecule has 0 aliphatic rings. The van der Waals surface area contributed by atoms with Crippen molar-refractivity contribution in [3.63, 3.8) is 0 Å². The van der Waals surface area contributed by atoms with E-state index in [0.29, 0.717) is 12.8 Å². The minimum atomic E-state index is -0.768. The monoisotopic (exact) mass is 396 g/mol. The van der Waals surface area contributed by atoms with Gasteiger partial charge in [-0.2, -0.15) is 0 Å². The van der Waals surface area contributed by atoms with Crippen LogP contribution in [0, 0.1) is 6.92 Å². The molecule has 148 valence electrons. The predicted molar refractivity (Wildman–Crippen MR) is 117 cm³/mol. The zero-order valence-corrected chi connectivity index (χ0v) is 17.8. The summed E-state index contributed by atoms with van der Waals surface area (Å²) in [5.74, 6) is 0.846. The van der Waals surface area contributed by atoms with Gasteiger partial charge in [0.15, 0.2) is 0 Å². The second kappa shape index (κ2) is 8.48. The maximum atomic E-state index is 10.8. The van der Waals surface area contributed by atoms with Gasteiger partial charge in [-0.05, 0) is 53.6 Å². The molecule has 3 rings (SSSR count). The average molecular weight is 397 g/mol. The van der Waals surface area contributed by atoms with Crippen molar-refractivity contribution in [1.82, 2.24) is 0 Å². The minimum Gasteiger partial charge on any atom is -0.495 e. The molecule has 0 aliphatic heterocycles. The number of thiophene rings is 1. The molecule has 0 radical (unpaired) electrons. The van der Waals surface area contributed by atoms with Crippen molar-refractivity contribution in [2.45, 2.75) is 45.8 Å². The molecule has 0 bridgehead atoms. The number of ether oxygens (including phenoxy) is 1. The number of benzene rings is 2. The normalized spacial score (nSPS) is 11.6. The largest absolute Gasteiger partial charge is 0.495 e. The third-order valence-corrected chi connectivity index (χ3v) is 6.71. The quantitative estimate of drug-likeness (QED) is 0.523. The van der Waals surface area contributed by atoms with Crippen molar-refractivity contribution in [2.75, 3.05) is 7.11 Å². The minimum absolute atomic E-state index is 0.0422. The first-order chi connectivity index (χ1) is 13.5. The fourth-order valence-corrected chi connectivity index (χ4v) is 4.73. The fourth-order valence-electron chi connectivity index (χ4n) is 3.51. The van der Waals surface area contributed by atoms with Crippen LogP contribution in [0.3, 0.4) is 0 Å². The summed E-state index contributed by atoms with van der Waals surface area (Å²) in [6, 6.07) is 16.2. The van der Waals surface area contributed by atoms with Gasteiger partial charge in [0.1, 0.15) is 5.75 Å². The molecule has 2 aromatic carbocycles. The van der Waals surface area contributed by atoms with Gasteiger partial charge >= 0.3 is 0 Å². The Hall–Kier alpha value is -2.14. The zero-order valence-electron chi connectivity index (χ0n) is 17.0. The molecule has 0 spiro atoms. The van der Waals surface area contributed by atoms with Crippen LogP contribution in [0.25, 0.3) is 20.9 Å². The Labute approximate surface area is 171 Å². The number of hydrogen-bond acceptors (Lipinski definition) is 4. The fraction of sp³-hybridized carbons (Fsp3) is 0.333. The summed E-state index contributed by atoms with van der Waals surface area (Å²) in [5.41, 5.74) is 4.47. The van der Waals surface area contributed by atoms with E-state index in [2.05, 4.69) is 25.1 Å². The van der Waals surface area contributed by atoms with E-state index >= 15 is 0 Å². The number of aliphatic hydroxyl groups excluding tert-OH is 1. The molecule has 0 fully saturated rings. The molecular weight excluding hydrogens is 368 g/mol. The van der Waals surface area contributed by atoms with Gasteiger partial charge in [-0.25, -0.2) is 0 Å². The van der Waals surface area contributed by atoms with E-state index in [1.54, 1.807) is 18.4 Å². The first kappa shape index (κ1) is 20.6. The maximum absolute atomic E-state index is 10.8. The molecule has 1 heterocycles. The van der Waals surface area contributed by atoms with E-state index in [9.17, 15) is 10.2 Å². The maximum Gasteiger partial charge on any atom is 0.138 e. The summed E-state index contributed by atoms with van der Waals surface area (Å²) in [6.07, 6.45) is 1.40. The zero-order chi connectivity index (χ0) is 20.3. The lowest BCUT2D eigenvalue weighted by Crippen LogP contribution is -2.23. The lowest BCUT2D eigenvalue weighted by molar-refractivity contribution is 0.0283. The van der Waals surface area contributed by atoms with Crippen LogP contribution < -0.4 is 4.74 Å². The first-order valence-corrected chi connectivity index (χ1v) is 10.5. The van der Waals surface area contributed by atoms with Crippen LogP contribution in [0.5, 0.6) is 5.75 Å². The van der Waals surface area contributed by atoms with Crippen LogP contribution in [0.2, 0.25) is 0 Å². The average Bonchev–Trinajstić information content (AvgIpc) is 3.17. The molecule has 3 aromatic rings. The Morgan fingerprint density at radius 2 is 1.68 bits per heavy atom. The van der Waals surface area contributed by atoms with Gasteiger partial charge in [0, 0.05) is 4.88 Å². The van der Waals surface area contributed by atoms with E-state index in [-0.39, 0.29) is 6.61 Å². The molecule has 0 unspecified atom stereocenters. The second-order valence-electron chi connectivity index (χ2n) is 7.13. The molecule has 0 saturated heterocycles. The molecular formula is C24H28O3S. The number of rotatable bonds is 7. The summed E-state index contributed by atoms with van der Waals surface area (Å²) < 4.78 is 5.63. The Morgan fingerprint density at radius 3 is 2.21 bits per heavy atom. The molecule has 0 saturated carbocycles. The van der Waals surface area contributed by atoms with E-state index in [1.165, 1.54) is 0 Å². The number of methoxy groups -OCH3 is 1. The standard InChI is InChI=1S/C24H28O3S/c1-5-24(26,6-2)19-11-12-20(16(3)13-19)22-14-21(27-4)23(28-22)18-9-7-17(15-25)8-10-18/h7-14,25-26H,5-6,15H2,1-4H3. The highest BCUT2D eigenvalue weighted by Gasteiger charge is 2.25. The third kappa shape index (κ3) is 3.86. The van der Waals surface area contributed by atoms with Crippen molar-refractivity contribution in [3.05, 3.63) is 65.2 Å². The lowest BCUT2D eigenvalue weighted by Gasteiger charge is -2.26. The Bertz CT molecular complexity index is 937. The van der Waals surface area contributed by atoms with Crippen LogP contribution in [0.15, 0.2) is 48.5 Å². The SMILES string of the molecule is CCC(O)(CC)c1ccc(-c2cc(OC)c(-c3ccc(CO)cc3)s2)c(C)c1. The Kier molecular flexibility index (Phi) is 6.23. The second-order valence-corrected chi connectivity index (χ2v) is 8.18. The van der Waals surface area contributed by atoms with Gasteiger partial charge in [-0.3, -0.25) is 0 Å². The molecule has 4 heteroatoms. The van der Waals surface area contributed by atoms with Gasteiger partial charge in [0.2, 0.25) is 0 Å². The number of aliphatic hydroxyl groups is 2. The summed E-state index contributed by atoms with van der Waals surface area (Å²) in [7, 11) is 1.69. The number of aryl methyl sites for hydroxylation is 1. The van der Waals surface area contributed by atoms with E-state index in [4.69, 9.17) is 4.74 Å². The van der Waals surface area contributed by atoms with Crippen molar-refractivity contribution >= 4 is 11.3 Å². The number of hydrogen-bond donors (Lipinski definition) is 2. The highest BCUT2D eigenvalue weighted by Crippen LogP contribution is 2.44.